The molecule has 0 spiro atoms. The van der Waals surface area contributed by atoms with Gasteiger partial charge in [-0.3, -0.25) is 4.79 Å². The first-order chi connectivity index (χ1) is 10.9. The van der Waals surface area contributed by atoms with Crippen molar-refractivity contribution < 1.29 is 13.2 Å². The lowest BCUT2D eigenvalue weighted by Crippen LogP contribution is -2.14. The van der Waals surface area contributed by atoms with Crippen molar-refractivity contribution in [3.8, 4) is 0 Å². The van der Waals surface area contributed by atoms with Crippen molar-refractivity contribution in [3.05, 3.63) is 60.2 Å². The average molecular weight is 332 g/mol. The van der Waals surface area contributed by atoms with Gasteiger partial charge in [0, 0.05) is 12.1 Å². The highest BCUT2D eigenvalue weighted by atomic mass is 32.2. The molecule has 2 rings (SSSR count). The second kappa shape index (κ2) is 7.89. The number of nitrogens with one attached hydrogen (secondary N) is 1. The van der Waals surface area contributed by atoms with Crippen molar-refractivity contribution >= 4 is 21.6 Å². The van der Waals surface area contributed by atoms with E-state index in [-0.39, 0.29) is 10.8 Å². The van der Waals surface area contributed by atoms with Crippen LogP contribution in [0.5, 0.6) is 0 Å². The summed E-state index contributed by atoms with van der Waals surface area (Å²) in [5, 5.41) is 7.76. The van der Waals surface area contributed by atoms with Crippen LogP contribution in [0.4, 0.5) is 5.69 Å². The normalized spacial score (nSPS) is 11.2. The van der Waals surface area contributed by atoms with E-state index in [0.717, 1.165) is 19.3 Å². The number of carbonyl (C=O) groups excluding carboxylic acids is 1. The van der Waals surface area contributed by atoms with Crippen molar-refractivity contribution in [3.63, 3.8) is 0 Å². The Morgan fingerprint density at radius 1 is 1.00 bits per heavy atom. The second-order valence-corrected chi connectivity index (χ2v) is 6.88. The summed E-state index contributed by atoms with van der Waals surface area (Å²) in [6, 6.07) is 16.1. The summed E-state index contributed by atoms with van der Waals surface area (Å²) >= 11 is 0. The monoisotopic (exact) mass is 332 g/mol. The standard InChI is InChI=1S/C17H20N2O3S/c18-23(21,22)16-11-6-10-15(13-16)19-17(20)12-5-4-9-14-7-2-1-3-8-14/h1-3,6-8,10-11,13H,4-5,9,12H2,(H,19,20)(H2,18,21,22). The summed E-state index contributed by atoms with van der Waals surface area (Å²) in [5.41, 5.74) is 1.69. The zero-order valence-corrected chi connectivity index (χ0v) is 13.6. The van der Waals surface area contributed by atoms with Crippen molar-refractivity contribution in [1.29, 1.82) is 0 Å². The summed E-state index contributed by atoms with van der Waals surface area (Å²) in [6.07, 6.45) is 3.03. The topological polar surface area (TPSA) is 89.3 Å². The molecule has 0 fully saturated rings. The van der Waals surface area contributed by atoms with E-state index >= 15 is 0 Å². The number of primary sulfonamides is 1. The molecule has 2 aromatic rings. The number of hydrogen-bond donors (Lipinski definition) is 2. The Kier molecular flexibility index (Phi) is 5.90. The number of rotatable bonds is 7. The van der Waals surface area contributed by atoms with Gasteiger partial charge < -0.3 is 5.32 Å². The van der Waals surface area contributed by atoms with Crippen LogP contribution in [-0.2, 0) is 21.2 Å². The van der Waals surface area contributed by atoms with Gasteiger partial charge in [-0.2, -0.15) is 0 Å². The van der Waals surface area contributed by atoms with Gasteiger partial charge >= 0.3 is 0 Å². The van der Waals surface area contributed by atoms with Gasteiger partial charge in [-0.25, -0.2) is 13.6 Å². The van der Waals surface area contributed by atoms with Crippen LogP contribution in [0.1, 0.15) is 24.8 Å². The predicted molar refractivity (Wildman–Crippen MR) is 90.4 cm³/mol. The maximum Gasteiger partial charge on any atom is 0.238 e. The fourth-order valence-corrected chi connectivity index (χ4v) is 2.79. The van der Waals surface area contributed by atoms with Crippen LogP contribution in [0.3, 0.4) is 0 Å². The van der Waals surface area contributed by atoms with E-state index in [4.69, 9.17) is 5.14 Å². The zero-order valence-electron chi connectivity index (χ0n) is 12.7. The van der Waals surface area contributed by atoms with E-state index in [0.29, 0.717) is 12.1 Å². The highest BCUT2D eigenvalue weighted by Gasteiger charge is 2.09. The first kappa shape index (κ1) is 17.2. The Bertz CT molecular complexity index is 758. The average Bonchev–Trinajstić information content (AvgIpc) is 2.52. The highest BCUT2D eigenvalue weighted by Crippen LogP contribution is 2.15. The molecule has 0 unspecified atom stereocenters. The molecular weight excluding hydrogens is 312 g/mol. The van der Waals surface area contributed by atoms with Crippen LogP contribution in [0.25, 0.3) is 0 Å². The van der Waals surface area contributed by atoms with Crippen LogP contribution in [-0.4, -0.2) is 14.3 Å². The van der Waals surface area contributed by atoms with E-state index in [1.54, 1.807) is 12.1 Å². The number of carbonyl (C=O) groups is 1. The summed E-state index contributed by atoms with van der Waals surface area (Å²) in [6.45, 7) is 0. The van der Waals surface area contributed by atoms with Gasteiger partial charge in [-0.05, 0) is 43.0 Å². The largest absolute Gasteiger partial charge is 0.326 e. The molecule has 1 amide bonds. The second-order valence-electron chi connectivity index (χ2n) is 5.31. The third-order valence-electron chi connectivity index (χ3n) is 3.41. The van der Waals surface area contributed by atoms with Crippen LogP contribution in [0, 0.1) is 0 Å². The SMILES string of the molecule is NS(=O)(=O)c1cccc(NC(=O)CCCCc2ccccc2)c1. The molecule has 0 bridgehead atoms. The fraction of sp³-hybridized carbons (Fsp3) is 0.235. The molecule has 0 aliphatic rings. The third-order valence-corrected chi connectivity index (χ3v) is 4.32. The molecular formula is C17H20N2O3S. The van der Waals surface area contributed by atoms with Gasteiger partial charge in [-0.1, -0.05) is 36.4 Å². The van der Waals surface area contributed by atoms with Crippen molar-refractivity contribution in [2.75, 3.05) is 5.32 Å². The Labute approximate surface area is 136 Å². The van der Waals surface area contributed by atoms with Gasteiger partial charge in [0.05, 0.1) is 4.90 Å². The zero-order chi connectivity index (χ0) is 16.7. The van der Waals surface area contributed by atoms with Gasteiger partial charge in [0.25, 0.3) is 0 Å². The number of sulfonamides is 1. The van der Waals surface area contributed by atoms with Crippen molar-refractivity contribution in [1.82, 2.24) is 0 Å². The molecule has 3 N–H and O–H groups in total. The molecule has 0 radical (unpaired) electrons. The molecule has 6 heteroatoms. The molecule has 122 valence electrons. The van der Waals surface area contributed by atoms with Gasteiger partial charge in [0.2, 0.25) is 15.9 Å². The lowest BCUT2D eigenvalue weighted by Gasteiger charge is -2.07. The van der Waals surface area contributed by atoms with Crippen LogP contribution in [0.15, 0.2) is 59.5 Å². The van der Waals surface area contributed by atoms with E-state index in [1.165, 1.54) is 17.7 Å². The Balaban J connectivity index is 1.79. The summed E-state index contributed by atoms with van der Waals surface area (Å²) in [5.74, 6) is -0.135. The minimum atomic E-state index is -3.76. The number of unbranched alkanes of at least 4 members (excludes halogenated alkanes) is 1. The summed E-state index contributed by atoms with van der Waals surface area (Å²) in [4.78, 5) is 11.9. The van der Waals surface area contributed by atoms with E-state index in [2.05, 4.69) is 17.4 Å². The molecule has 0 saturated carbocycles. The molecule has 0 aromatic heterocycles. The van der Waals surface area contributed by atoms with Gasteiger partial charge in [-0.15, -0.1) is 0 Å². The number of aryl methyl sites for hydroxylation is 1. The maximum absolute atomic E-state index is 11.9. The smallest absolute Gasteiger partial charge is 0.238 e. The Morgan fingerprint density at radius 2 is 1.74 bits per heavy atom. The predicted octanol–water partition coefficient (Wildman–Crippen LogP) is 2.69. The Hall–Kier alpha value is -2.18. The quantitative estimate of drug-likeness (QED) is 0.764. The number of benzene rings is 2. The third kappa shape index (κ3) is 5.84. The van der Waals surface area contributed by atoms with Crippen molar-refractivity contribution in [2.24, 2.45) is 5.14 Å². The van der Waals surface area contributed by atoms with Crippen LogP contribution < -0.4 is 10.5 Å². The minimum Gasteiger partial charge on any atom is -0.326 e. The van der Waals surface area contributed by atoms with Crippen LogP contribution in [0.2, 0.25) is 0 Å². The first-order valence-electron chi connectivity index (χ1n) is 7.42. The molecule has 0 aliphatic heterocycles. The lowest BCUT2D eigenvalue weighted by molar-refractivity contribution is -0.116. The molecule has 0 aliphatic carbocycles. The van der Waals surface area contributed by atoms with Crippen molar-refractivity contribution in [2.45, 2.75) is 30.6 Å². The van der Waals surface area contributed by atoms with Crippen LogP contribution >= 0.6 is 0 Å². The molecule has 23 heavy (non-hydrogen) atoms. The molecule has 2 aromatic carbocycles. The van der Waals surface area contributed by atoms with E-state index in [9.17, 15) is 13.2 Å². The number of amides is 1. The molecule has 0 heterocycles. The molecule has 5 nitrogen and oxygen atoms in total. The number of anilines is 1. The van der Waals surface area contributed by atoms with Gasteiger partial charge in [0.1, 0.15) is 0 Å². The summed E-state index contributed by atoms with van der Waals surface area (Å²) < 4.78 is 22.6. The first-order valence-corrected chi connectivity index (χ1v) is 8.96. The summed E-state index contributed by atoms with van der Waals surface area (Å²) in [7, 11) is -3.76. The fourth-order valence-electron chi connectivity index (χ4n) is 2.23. The maximum atomic E-state index is 11.9. The number of nitrogens with two attached hydrogens (primary N) is 1. The molecule has 0 saturated heterocycles. The highest BCUT2D eigenvalue weighted by molar-refractivity contribution is 7.89. The number of hydrogen-bond acceptors (Lipinski definition) is 3. The molecule has 0 atom stereocenters. The lowest BCUT2D eigenvalue weighted by atomic mass is 10.1. The Morgan fingerprint density at radius 3 is 2.43 bits per heavy atom. The minimum absolute atomic E-state index is 0.0145. The van der Waals surface area contributed by atoms with E-state index in [1.807, 2.05) is 18.2 Å². The van der Waals surface area contributed by atoms with E-state index < -0.39 is 10.0 Å². The van der Waals surface area contributed by atoms with Gasteiger partial charge in [0.15, 0.2) is 0 Å².